The molecule has 0 unspecified atom stereocenters. The summed E-state index contributed by atoms with van der Waals surface area (Å²) in [5.74, 6) is 0.249. The van der Waals surface area contributed by atoms with Gasteiger partial charge in [-0.3, -0.25) is 14.3 Å². The van der Waals surface area contributed by atoms with Gasteiger partial charge in [0.2, 0.25) is 5.88 Å². The second-order valence-corrected chi connectivity index (χ2v) is 2.04. The van der Waals surface area contributed by atoms with E-state index in [0.29, 0.717) is 0 Å². The normalized spacial score (nSPS) is 9.64. The van der Waals surface area contributed by atoms with E-state index >= 15 is 0 Å². The lowest BCUT2D eigenvalue weighted by molar-refractivity contribution is 0.372. The van der Waals surface area contributed by atoms with Crippen LogP contribution in [0, 0.1) is 0 Å². The Bertz CT molecular complexity index is 363. The molecule has 0 spiro atoms. The Morgan fingerprint density at radius 1 is 1.55 bits per heavy atom. The van der Waals surface area contributed by atoms with E-state index in [0.717, 1.165) is 0 Å². The van der Waals surface area contributed by atoms with Crippen LogP contribution in [-0.2, 0) is 7.05 Å². The number of hydrogen-bond donors (Lipinski definition) is 1. The Labute approximate surface area is 62.2 Å². The fraction of sp³-hybridized carbons (Fsp3) is 0.333. The molecule has 60 valence electrons. The molecule has 0 saturated carbocycles. The van der Waals surface area contributed by atoms with Crippen LogP contribution in [0.1, 0.15) is 0 Å². The minimum atomic E-state index is -0.477. The molecule has 1 rings (SSSR count). The zero-order chi connectivity index (χ0) is 8.43. The molecule has 0 atom stereocenters. The van der Waals surface area contributed by atoms with E-state index in [4.69, 9.17) is 4.74 Å². The van der Waals surface area contributed by atoms with Gasteiger partial charge in [0.05, 0.1) is 13.2 Å². The molecule has 0 radical (unpaired) electrons. The van der Waals surface area contributed by atoms with Crippen molar-refractivity contribution >= 4 is 0 Å². The highest BCUT2D eigenvalue weighted by Crippen LogP contribution is 1.97. The first-order valence-corrected chi connectivity index (χ1v) is 2.99. The highest BCUT2D eigenvalue weighted by atomic mass is 16.5. The molecule has 0 saturated heterocycles. The SMILES string of the molecule is COc1cc(=O)[nH]c(=O)n1C. The number of aromatic nitrogens is 2. The van der Waals surface area contributed by atoms with Crippen molar-refractivity contribution in [2.24, 2.45) is 7.05 Å². The lowest BCUT2D eigenvalue weighted by atomic mass is 10.6. The van der Waals surface area contributed by atoms with Crippen LogP contribution in [0.4, 0.5) is 0 Å². The summed E-state index contributed by atoms with van der Waals surface area (Å²) < 4.78 is 5.96. The predicted molar refractivity (Wildman–Crippen MR) is 38.9 cm³/mol. The van der Waals surface area contributed by atoms with Gasteiger partial charge in [0.15, 0.2) is 0 Å². The van der Waals surface area contributed by atoms with Crippen molar-refractivity contribution < 1.29 is 4.74 Å². The average Bonchev–Trinajstić information content (AvgIpc) is 1.96. The predicted octanol–water partition coefficient (Wildman–Crippen LogP) is -0.918. The molecule has 0 bridgehead atoms. The van der Waals surface area contributed by atoms with Gasteiger partial charge < -0.3 is 4.74 Å². The first kappa shape index (κ1) is 7.59. The van der Waals surface area contributed by atoms with Crippen molar-refractivity contribution in [1.29, 1.82) is 0 Å². The highest BCUT2D eigenvalue weighted by Gasteiger charge is 1.99. The molecule has 0 aromatic carbocycles. The number of H-pyrrole nitrogens is 1. The summed E-state index contributed by atoms with van der Waals surface area (Å²) in [5, 5.41) is 0. The van der Waals surface area contributed by atoms with Crippen molar-refractivity contribution in [1.82, 2.24) is 9.55 Å². The molecular weight excluding hydrogens is 148 g/mol. The standard InChI is InChI=1S/C6H8N2O3/c1-8-5(11-2)3-4(9)7-6(8)10/h3H,1-2H3,(H,7,9,10). The van der Waals surface area contributed by atoms with E-state index in [1.807, 2.05) is 0 Å². The quantitative estimate of drug-likeness (QED) is 0.572. The Kier molecular flexibility index (Phi) is 1.80. The van der Waals surface area contributed by atoms with Gasteiger partial charge in [-0.1, -0.05) is 0 Å². The smallest absolute Gasteiger partial charge is 0.330 e. The first-order valence-electron chi connectivity index (χ1n) is 2.99. The molecule has 1 N–H and O–H groups in total. The molecule has 5 heteroatoms. The van der Waals surface area contributed by atoms with Crippen LogP contribution in [-0.4, -0.2) is 16.7 Å². The number of aromatic amines is 1. The van der Waals surface area contributed by atoms with Gasteiger partial charge in [0.1, 0.15) is 0 Å². The molecule has 1 heterocycles. The summed E-state index contributed by atoms with van der Waals surface area (Å²) in [5.41, 5.74) is -0.931. The van der Waals surface area contributed by atoms with Crippen molar-refractivity contribution in [3.63, 3.8) is 0 Å². The van der Waals surface area contributed by atoms with Crippen LogP contribution >= 0.6 is 0 Å². The number of rotatable bonds is 1. The van der Waals surface area contributed by atoms with Gasteiger partial charge in [-0.05, 0) is 0 Å². The summed E-state index contributed by atoms with van der Waals surface area (Å²) in [6, 6.07) is 1.21. The Morgan fingerprint density at radius 3 is 2.73 bits per heavy atom. The van der Waals surface area contributed by atoms with Gasteiger partial charge in [0.25, 0.3) is 5.56 Å². The van der Waals surface area contributed by atoms with Gasteiger partial charge in [-0.15, -0.1) is 0 Å². The number of hydrogen-bond acceptors (Lipinski definition) is 3. The zero-order valence-corrected chi connectivity index (χ0v) is 6.25. The summed E-state index contributed by atoms with van der Waals surface area (Å²) in [4.78, 5) is 23.6. The largest absolute Gasteiger partial charge is 0.482 e. The van der Waals surface area contributed by atoms with E-state index in [1.165, 1.54) is 24.8 Å². The zero-order valence-electron chi connectivity index (χ0n) is 6.25. The third-order valence-corrected chi connectivity index (χ3v) is 1.33. The van der Waals surface area contributed by atoms with E-state index in [9.17, 15) is 9.59 Å². The van der Waals surface area contributed by atoms with Crippen LogP contribution < -0.4 is 16.0 Å². The monoisotopic (exact) mass is 156 g/mol. The number of ether oxygens (including phenoxy) is 1. The van der Waals surface area contributed by atoms with Gasteiger partial charge in [-0.2, -0.15) is 0 Å². The Hall–Kier alpha value is -1.52. The van der Waals surface area contributed by atoms with Crippen LogP contribution in [0.25, 0.3) is 0 Å². The molecule has 11 heavy (non-hydrogen) atoms. The van der Waals surface area contributed by atoms with Crippen LogP contribution in [0.15, 0.2) is 15.7 Å². The van der Waals surface area contributed by atoms with Crippen LogP contribution in [0.2, 0.25) is 0 Å². The van der Waals surface area contributed by atoms with Crippen molar-refractivity contribution in [3.8, 4) is 5.88 Å². The van der Waals surface area contributed by atoms with Crippen molar-refractivity contribution in [2.45, 2.75) is 0 Å². The highest BCUT2D eigenvalue weighted by molar-refractivity contribution is 5.07. The Balaban J connectivity index is 3.49. The third-order valence-electron chi connectivity index (χ3n) is 1.33. The maximum Gasteiger partial charge on any atom is 0.330 e. The van der Waals surface area contributed by atoms with E-state index < -0.39 is 11.2 Å². The molecular formula is C6H8N2O3. The van der Waals surface area contributed by atoms with Crippen LogP contribution in [0.3, 0.4) is 0 Å². The van der Waals surface area contributed by atoms with E-state index in [1.54, 1.807) is 0 Å². The van der Waals surface area contributed by atoms with Crippen LogP contribution in [0.5, 0.6) is 5.88 Å². The lowest BCUT2D eigenvalue weighted by Crippen LogP contribution is -2.28. The minimum absolute atomic E-state index is 0.249. The summed E-state index contributed by atoms with van der Waals surface area (Å²) in [6.07, 6.45) is 0. The maximum absolute atomic E-state index is 10.8. The van der Waals surface area contributed by atoms with E-state index in [2.05, 4.69) is 4.98 Å². The molecule has 0 aliphatic heterocycles. The van der Waals surface area contributed by atoms with Gasteiger partial charge in [-0.25, -0.2) is 4.79 Å². The summed E-state index contributed by atoms with van der Waals surface area (Å²) in [7, 11) is 2.91. The number of nitrogens with one attached hydrogen (secondary N) is 1. The van der Waals surface area contributed by atoms with Gasteiger partial charge in [0, 0.05) is 7.05 Å². The molecule has 0 aliphatic rings. The fourth-order valence-electron chi connectivity index (χ4n) is 0.730. The maximum atomic E-state index is 10.8. The third kappa shape index (κ3) is 1.31. The first-order chi connectivity index (χ1) is 5.15. The average molecular weight is 156 g/mol. The van der Waals surface area contributed by atoms with Gasteiger partial charge >= 0.3 is 5.69 Å². The topological polar surface area (TPSA) is 64.1 Å². The fourth-order valence-corrected chi connectivity index (χ4v) is 0.730. The number of nitrogens with zero attached hydrogens (tertiary/aromatic N) is 1. The second kappa shape index (κ2) is 2.61. The Morgan fingerprint density at radius 2 is 2.18 bits per heavy atom. The molecule has 1 aromatic heterocycles. The molecule has 5 nitrogen and oxygen atoms in total. The summed E-state index contributed by atoms with van der Waals surface area (Å²) >= 11 is 0. The molecule has 0 fully saturated rings. The molecule has 1 aromatic rings. The lowest BCUT2D eigenvalue weighted by Gasteiger charge is -2.02. The van der Waals surface area contributed by atoms with Crippen molar-refractivity contribution in [3.05, 3.63) is 26.9 Å². The summed E-state index contributed by atoms with van der Waals surface area (Å²) in [6.45, 7) is 0. The molecule has 0 amide bonds. The number of methoxy groups -OCH3 is 1. The molecule has 0 aliphatic carbocycles. The minimum Gasteiger partial charge on any atom is -0.482 e. The second-order valence-electron chi connectivity index (χ2n) is 2.04. The van der Waals surface area contributed by atoms with Crippen molar-refractivity contribution in [2.75, 3.05) is 7.11 Å². The van der Waals surface area contributed by atoms with E-state index in [-0.39, 0.29) is 5.88 Å².